The number of ketones is 1. The standard InChI is InChI=1S/C25H19FN4O2/c26-19-5-6-20-21(15-28-23(20)13-19)24(31)18(14-27)12-17-11-16-3-1-2-4-22(16)29-25(17)30-7-9-32-10-8-30/h1-6,11-13,15,28H,7-10H2/b18-12+. The predicted octanol–water partition coefficient (Wildman–Crippen LogP) is 4.48. The van der Waals surface area contributed by atoms with E-state index in [4.69, 9.17) is 9.72 Å². The highest BCUT2D eigenvalue weighted by atomic mass is 19.1. The van der Waals surface area contributed by atoms with Crippen molar-refractivity contribution in [3.05, 3.63) is 77.2 Å². The van der Waals surface area contributed by atoms with Gasteiger partial charge in [0.15, 0.2) is 0 Å². The van der Waals surface area contributed by atoms with Crippen LogP contribution < -0.4 is 4.90 Å². The minimum absolute atomic E-state index is 0.0122. The smallest absolute Gasteiger partial charge is 0.205 e. The molecule has 0 unspecified atom stereocenters. The molecule has 2 aromatic carbocycles. The molecule has 2 aromatic heterocycles. The summed E-state index contributed by atoms with van der Waals surface area (Å²) in [5.74, 6) is -0.105. The van der Waals surface area contributed by atoms with Crippen LogP contribution >= 0.6 is 0 Å². The zero-order valence-corrected chi connectivity index (χ0v) is 17.1. The number of pyridine rings is 1. The number of H-pyrrole nitrogens is 1. The number of nitrogens with zero attached hydrogens (tertiary/aromatic N) is 3. The highest BCUT2D eigenvalue weighted by Gasteiger charge is 2.20. The molecule has 1 fully saturated rings. The first-order chi connectivity index (χ1) is 15.6. The number of carbonyl (C=O) groups excluding carboxylic acids is 1. The lowest BCUT2D eigenvalue weighted by Gasteiger charge is -2.29. The molecular weight excluding hydrogens is 407 g/mol. The molecule has 1 saturated heterocycles. The molecule has 1 aliphatic heterocycles. The molecule has 3 heterocycles. The van der Waals surface area contributed by atoms with Gasteiger partial charge >= 0.3 is 0 Å². The third kappa shape index (κ3) is 3.61. The van der Waals surface area contributed by atoms with Crippen LogP contribution in [0.2, 0.25) is 0 Å². The maximum Gasteiger partial charge on any atom is 0.205 e. The number of fused-ring (bicyclic) bond motifs is 2. The van der Waals surface area contributed by atoms with E-state index in [1.807, 2.05) is 36.4 Å². The van der Waals surface area contributed by atoms with Crippen molar-refractivity contribution in [2.75, 3.05) is 31.2 Å². The number of hydrogen-bond acceptors (Lipinski definition) is 5. The minimum Gasteiger partial charge on any atom is -0.378 e. The van der Waals surface area contributed by atoms with E-state index in [0.717, 1.165) is 10.9 Å². The molecular formula is C25H19FN4O2. The van der Waals surface area contributed by atoms with Crippen molar-refractivity contribution in [1.82, 2.24) is 9.97 Å². The second-order valence-electron chi connectivity index (χ2n) is 7.58. The first-order valence-electron chi connectivity index (χ1n) is 10.3. The summed E-state index contributed by atoms with van der Waals surface area (Å²) in [7, 11) is 0. The number of hydrogen-bond donors (Lipinski definition) is 1. The Morgan fingerprint density at radius 2 is 2.00 bits per heavy atom. The molecule has 0 aliphatic carbocycles. The van der Waals surface area contributed by atoms with Crippen molar-refractivity contribution >= 4 is 39.5 Å². The van der Waals surface area contributed by atoms with Crippen LogP contribution in [0, 0.1) is 17.1 Å². The number of morpholine rings is 1. The number of aromatic amines is 1. The van der Waals surface area contributed by atoms with Crippen molar-refractivity contribution in [3.8, 4) is 6.07 Å². The summed E-state index contributed by atoms with van der Waals surface area (Å²) < 4.78 is 19.0. The van der Waals surface area contributed by atoms with Crippen LogP contribution in [0.25, 0.3) is 27.9 Å². The van der Waals surface area contributed by atoms with Crippen LogP contribution in [-0.2, 0) is 4.74 Å². The summed E-state index contributed by atoms with van der Waals surface area (Å²) in [6, 6.07) is 15.9. The monoisotopic (exact) mass is 426 g/mol. The summed E-state index contributed by atoms with van der Waals surface area (Å²) in [5, 5.41) is 11.3. The van der Waals surface area contributed by atoms with Crippen molar-refractivity contribution in [1.29, 1.82) is 5.26 Å². The van der Waals surface area contributed by atoms with Crippen molar-refractivity contribution in [2.45, 2.75) is 0 Å². The normalized spacial score (nSPS) is 14.6. The predicted molar refractivity (Wildman–Crippen MR) is 121 cm³/mol. The lowest BCUT2D eigenvalue weighted by Crippen LogP contribution is -2.37. The van der Waals surface area contributed by atoms with E-state index in [2.05, 4.69) is 9.88 Å². The number of nitriles is 1. The molecule has 0 radical (unpaired) electrons. The third-order valence-corrected chi connectivity index (χ3v) is 5.60. The average Bonchev–Trinajstić information content (AvgIpc) is 3.25. The van der Waals surface area contributed by atoms with Gasteiger partial charge in [0.2, 0.25) is 5.78 Å². The summed E-state index contributed by atoms with van der Waals surface area (Å²) in [5.41, 5.74) is 2.36. The number of allylic oxidation sites excluding steroid dienone is 1. The quantitative estimate of drug-likeness (QED) is 0.296. The maximum atomic E-state index is 13.5. The molecule has 0 bridgehead atoms. The Hall–Kier alpha value is -4.02. The molecule has 0 saturated carbocycles. The Morgan fingerprint density at radius 1 is 1.19 bits per heavy atom. The van der Waals surface area contributed by atoms with Gasteiger partial charge in [-0.3, -0.25) is 4.79 Å². The summed E-state index contributed by atoms with van der Waals surface area (Å²) in [4.78, 5) is 23.1. The number of anilines is 1. The van der Waals surface area contributed by atoms with E-state index in [0.29, 0.717) is 54.2 Å². The van der Waals surface area contributed by atoms with Gasteiger partial charge in [-0.2, -0.15) is 5.26 Å². The Kier molecular flexibility index (Phi) is 5.13. The van der Waals surface area contributed by atoms with Crippen LogP contribution in [0.5, 0.6) is 0 Å². The van der Waals surface area contributed by atoms with E-state index in [9.17, 15) is 14.4 Å². The van der Waals surface area contributed by atoms with Gasteiger partial charge in [0.05, 0.1) is 18.7 Å². The van der Waals surface area contributed by atoms with Crippen LogP contribution in [0.3, 0.4) is 0 Å². The number of carbonyl (C=O) groups is 1. The Morgan fingerprint density at radius 3 is 2.81 bits per heavy atom. The number of aromatic nitrogens is 2. The Balaban J connectivity index is 1.62. The fourth-order valence-corrected chi connectivity index (χ4v) is 3.99. The van der Waals surface area contributed by atoms with E-state index in [1.165, 1.54) is 18.3 Å². The lowest BCUT2D eigenvalue weighted by molar-refractivity contribution is 0.104. The number of ether oxygens (including phenoxy) is 1. The van der Waals surface area contributed by atoms with Crippen molar-refractivity contribution in [3.63, 3.8) is 0 Å². The molecule has 32 heavy (non-hydrogen) atoms. The van der Waals surface area contributed by atoms with Gasteiger partial charge in [0, 0.05) is 46.7 Å². The van der Waals surface area contributed by atoms with E-state index < -0.39 is 11.6 Å². The zero-order chi connectivity index (χ0) is 22.1. The number of para-hydroxylation sites is 1. The molecule has 6 nitrogen and oxygen atoms in total. The van der Waals surface area contributed by atoms with E-state index >= 15 is 0 Å². The number of halogens is 1. The number of rotatable bonds is 4. The Labute approximate surface area is 183 Å². The molecule has 0 amide bonds. The molecule has 0 spiro atoms. The number of nitrogens with one attached hydrogen (secondary N) is 1. The fourth-order valence-electron chi connectivity index (χ4n) is 3.99. The van der Waals surface area contributed by atoms with Gasteiger partial charge in [-0.05, 0) is 36.4 Å². The average molecular weight is 426 g/mol. The largest absolute Gasteiger partial charge is 0.378 e. The lowest BCUT2D eigenvalue weighted by atomic mass is 10.0. The first-order valence-corrected chi connectivity index (χ1v) is 10.3. The van der Waals surface area contributed by atoms with Gasteiger partial charge in [-0.1, -0.05) is 18.2 Å². The molecule has 0 atom stereocenters. The van der Waals surface area contributed by atoms with Crippen LogP contribution in [0.15, 0.2) is 60.3 Å². The van der Waals surface area contributed by atoms with Gasteiger partial charge in [-0.25, -0.2) is 9.37 Å². The number of Topliss-reactive ketones (excluding diaryl/α,β-unsaturated/α-hetero) is 1. The summed E-state index contributed by atoms with van der Waals surface area (Å²) in [6.07, 6.45) is 3.11. The second-order valence-corrected chi connectivity index (χ2v) is 7.58. The zero-order valence-electron chi connectivity index (χ0n) is 17.1. The molecule has 158 valence electrons. The SMILES string of the molecule is N#C/C(=C\c1cc2ccccc2nc1N1CCOCC1)C(=O)c1c[nH]c2cc(F)ccc12. The fraction of sp³-hybridized carbons (Fsp3) is 0.160. The summed E-state index contributed by atoms with van der Waals surface area (Å²) in [6.45, 7) is 2.53. The van der Waals surface area contributed by atoms with Gasteiger partial charge in [0.1, 0.15) is 23.3 Å². The second kappa shape index (κ2) is 8.25. The van der Waals surface area contributed by atoms with Gasteiger partial charge in [0.25, 0.3) is 0 Å². The maximum absolute atomic E-state index is 13.5. The van der Waals surface area contributed by atoms with Gasteiger partial charge in [-0.15, -0.1) is 0 Å². The first kappa shape index (κ1) is 19.9. The molecule has 1 N–H and O–H groups in total. The topological polar surface area (TPSA) is 82.0 Å². The van der Waals surface area contributed by atoms with Gasteiger partial charge < -0.3 is 14.6 Å². The third-order valence-electron chi connectivity index (χ3n) is 5.60. The van der Waals surface area contributed by atoms with E-state index in [-0.39, 0.29) is 5.57 Å². The number of benzene rings is 2. The molecule has 5 rings (SSSR count). The van der Waals surface area contributed by atoms with Crippen molar-refractivity contribution < 1.29 is 13.9 Å². The molecule has 7 heteroatoms. The van der Waals surface area contributed by atoms with E-state index in [1.54, 1.807) is 12.1 Å². The summed E-state index contributed by atoms with van der Waals surface area (Å²) >= 11 is 0. The van der Waals surface area contributed by atoms with Crippen LogP contribution in [0.1, 0.15) is 15.9 Å². The molecule has 1 aliphatic rings. The van der Waals surface area contributed by atoms with Crippen LogP contribution in [0.4, 0.5) is 10.2 Å². The Bertz CT molecular complexity index is 1410. The molecule has 4 aromatic rings. The van der Waals surface area contributed by atoms with Crippen LogP contribution in [-0.4, -0.2) is 42.1 Å². The minimum atomic E-state index is -0.425. The highest BCUT2D eigenvalue weighted by molar-refractivity contribution is 6.20. The van der Waals surface area contributed by atoms with Crippen molar-refractivity contribution in [2.24, 2.45) is 0 Å². The highest BCUT2D eigenvalue weighted by Crippen LogP contribution is 2.28.